The van der Waals surface area contributed by atoms with Crippen LogP contribution in [0, 0.1) is 0 Å². The van der Waals surface area contributed by atoms with Crippen LogP contribution in [0.3, 0.4) is 0 Å². The largest absolute Gasteiger partial charge is 0.398 e. The van der Waals surface area contributed by atoms with Gasteiger partial charge in [0.2, 0.25) is 0 Å². The van der Waals surface area contributed by atoms with E-state index in [1.165, 1.54) is 29.5 Å². The normalized spacial score (nSPS) is 10.5. The van der Waals surface area contributed by atoms with E-state index in [1.54, 1.807) is 0 Å². The fourth-order valence-corrected chi connectivity index (χ4v) is 2.12. The minimum Gasteiger partial charge on any atom is -0.398 e. The van der Waals surface area contributed by atoms with E-state index in [9.17, 15) is 0 Å². The van der Waals surface area contributed by atoms with Crippen LogP contribution in [0.15, 0.2) is 12.1 Å². The number of nitrogen functional groups attached to an aromatic ring is 1. The molecule has 1 nitrogen and oxygen atoms in total. The first-order chi connectivity index (χ1) is 6.74. The third kappa shape index (κ3) is 2.09. The van der Waals surface area contributed by atoms with Crippen molar-refractivity contribution in [1.29, 1.82) is 0 Å². The van der Waals surface area contributed by atoms with Gasteiger partial charge in [-0.2, -0.15) is 0 Å². The van der Waals surface area contributed by atoms with Gasteiger partial charge in [-0.25, -0.2) is 0 Å². The first-order valence-corrected chi connectivity index (χ1v) is 5.63. The molecule has 0 aliphatic heterocycles. The van der Waals surface area contributed by atoms with Gasteiger partial charge in [-0.3, -0.25) is 0 Å². The Bertz CT molecular complexity index is 302. The van der Waals surface area contributed by atoms with Crippen molar-refractivity contribution in [2.75, 3.05) is 5.73 Å². The molecule has 0 saturated heterocycles. The third-order valence-electron chi connectivity index (χ3n) is 2.79. The minimum absolute atomic E-state index is 0.962. The molecular formula is C13H21N. The maximum atomic E-state index is 5.97. The molecule has 2 N–H and O–H groups in total. The summed E-state index contributed by atoms with van der Waals surface area (Å²) < 4.78 is 0. The van der Waals surface area contributed by atoms with E-state index in [2.05, 4.69) is 32.9 Å². The van der Waals surface area contributed by atoms with Gasteiger partial charge >= 0.3 is 0 Å². The van der Waals surface area contributed by atoms with Gasteiger partial charge in [0.05, 0.1) is 0 Å². The Hall–Kier alpha value is -0.980. The van der Waals surface area contributed by atoms with E-state index in [4.69, 9.17) is 5.73 Å². The predicted octanol–water partition coefficient (Wildman–Crippen LogP) is 3.35. The Morgan fingerprint density at radius 2 is 1.64 bits per heavy atom. The second kappa shape index (κ2) is 5.04. The number of nitrogens with two attached hydrogens (primary N) is 1. The molecule has 0 aliphatic rings. The molecule has 0 fully saturated rings. The fourth-order valence-electron chi connectivity index (χ4n) is 2.12. The lowest BCUT2D eigenvalue weighted by molar-refractivity contribution is 0.888. The maximum absolute atomic E-state index is 5.97. The zero-order valence-electron chi connectivity index (χ0n) is 9.56. The van der Waals surface area contributed by atoms with Gasteiger partial charge in [0.15, 0.2) is 0 Å². The molecule has 0 aliphatic carbocycles. The van der Waals surface area contributed by atoms with Crippen LogP contribution in [0.4, 0.5) is 5.69 Å². The van der Waals surface area contributed by atoms with Crippen molar-refractivity contribution in [3.05, 3.63) is 28.8 Å². The summed E-state index contributed by atoms with van der Waals surface area (Å²) in [7, 11) is 0. The number of benzene rings is 1. The molecule has 0 amide bonds. The van der Waals surface area contributed by atoms with Crippen molar-refractivity contribution >= 4 is 5.69 Å². The Kier molecular flexibility index (Phi) is 3.99. The van der Waals surface area contributed by atoms with Crippen molar-refractivity contribution in [2.24, 2.45) is 0 Å². The van der Waals surface area contributed by atoms with E-state index < -0.39 is 0 Å². The van der Waals surface area contributed by atoms with Gasteiger partial charge in [-0.1, -0.05) is 33.3 Å². The molecule has 1 heteroatoms. The first-order valence-electron chi connectivity index (χ1n) is 5.63. The molecule has 0 radical (unpaired) electrons. The first kappa shape index (κ1) is 11.1. The number of anilines is 1. The van der Waals surface area contributed by atoms with Crippen molar-refractivity contribution in [2.45, 2.75) is 46.5 Å². The highest BCUT2D eigenvalue weighted by Gasteiger charge is 2.07. The molecule has 1 rings (SSSR count). The van der Waals surface area contributed by atoms with Gasteiger partial charge < -0.3 is 5.73 Å². The van der Waals surface area contributed by atoms with Crippen LogP contribution in [0.2, 0.25) is 0 Å². The fraction of sp³-hybridized carbons (Fsp3) is 0.538. The number of rotatable bonds is 4. The highest BCUT2D eigenvalue weighted by Crippen LogP contribution is 2.23. The molecule has 1 aromatic rings. The Balaban J connectivity index is 3.18. The summed E-state index contributed by atoms with van der Waals surface area (Å²) in [5, 5.41) is 0. The van der Waals surface area contributed by atoms with Crippen molar-refractivity contribution in [1.82, 2.24) is 0 Å². The Labute approximate surface area is 87.3 Å². The topological polar surface area (TPSA) is 26.0 Å². The van der Waals surface area contributed by atoms with E-state index in [-0.39, 0.29) is 0 Å². The number of aryl methyl sites for hydroxylation is 1. The Morgan fingerprint density at radius 1 is 1.00 bits per heavy atom. The summed E-state index contributed by atoms with van der Waals surface area (Å²) in [5.41, 5.74) is 11.3. The molecule has 0 aromatic heterocycles. The van der Waals surface area contributed by atoms with E-state index in [0.29, 0.717) is 0 Å². The molecule has 14 heavy (non-hydrogen) atoms. The number of hydrogen-bond donors (Lipinski definition) is 1. The van der Waals surface area contributed by atoms with Crippen molar-refractivity contribution in [3.63, 3.8) is 0 Å². The molecule has 78 valence electrons. The lowest BCUT2D eigenvalue weighted by Crippen LogP contribution is -2.02. The van der Waals surface area contributed by atoms with E-state index in [0.717, 1.165) is 18.5 Å². The van der Waals surface area contributed by atoms with Crippen LogP contribution < -0.4 is 5.73 Å². The average molecular weight is 191 g/mol. The highest BCUT2D eigenvalue weighted by molar-refractivity contribution is 5.54. The van der Waals surface area contributed by atoms with Gasteiger partial charge in [0, 0.05) is 5.69 Å². The van der Waals surface area contributed by atoms with Gasteiger partial charge in [-0.15, -0.1) is 0 Å². The standard InChI is InChI=1S/C13H21N/c1-4-7-10-8-9-13(14)12(6-3)11(10)5-2/h8-9H,4-7,14H2,1-3H3. The van der Waals surface area contributed by atoms with Crippen LogP contribution >= 0.6 is 0 Å². The van der Waals surface area contributed by atoms with E-state index >= 15 is 0 Å². The van der Waals surface area contributed by atoms with E-state index in [1.807, 2.05) is 0 Å². The molecule has 0 saturated carbocycles. The zero-order valence-corrected chi connectivity index (χ0v) is 9.56. The molecule has 0 heterocycles. The maximum Gasteiger partial charge on any atom is 0.0349 e. The lowest BCUT2D eigenvalue weighted by Gasteiger charge is -2.14. The van der Waals surface area contributed by atoms with Gasteiger partial charge in [0.1, 0.15) is 0 Å². The molecule has 0 spiro atoms. The predicted molar refractivity (Wildman–Crippen MR) is 63.6 cm³/mol. The van der Waals surface area contributed by atoms with Gasteiger partial charge in [0.25, 0.3) is 0 Å². The molecule has 0 unspecified atom stereocenters. The SMILES string of the molecule is CCCc1ccc(N)c(CC)c1CC. The summed E-state index contributed by atoms with van der Waals surface area (Å²) in [6.45, 7) is 6.62. The lowest BCUT2D eigenvalue weighted by atomic mass is 9.93. The van der Waals surface area contributed by atoms with Gasteiger partial charge in [-0.05, 0) is 42.0 Å². The Morgan fingerprint density at radius 3 is 2.14 bits per heavy atom. The van der Waals surface area contributed by atoms with Crippen LogP contribution in [0.25, 0.3) is 0 Å². The summed E-state index contributed by atoms with van der Waals surface area (Å²) in [6, 6.07) is 4.25. The van der Waals surface area contributed by atoms with Crippen LogP contribution in [0.5, 0.6) is 0 Å². The smallest absolute Gasteiger partial charge is 0.0349 e. The van der Waals surface area contributed by atoms with Crippen LogP contribution in [-0.2, 0) is 19.3 Å². The summed E-state index contributed by atoms with van der Waals surface area (Å²) >= 11 is 0. The molecule has 1 aromatic carbocycles. The molecule has 0 atom stereocenters. The second-order valence-corrected chi connectivity index (χ2v) is 3.73. The summed E-state index contributed by atoms with van der Waals surface area (Å²) in [6.07, 6.45) is 4.53. The molecule has 0 bridgehead atoms. The summed E-state index contributed by atoms with van der Waals surface area (Å²) in [5.74, 6) is 0. The highest BCUT2D eigenvalue weighted by atomic mass is 14.6. The van der Waals surface area contributed by atoms with Crippen LogP contribution in [0.1, 0.15) is 43.9 Å². The average Bonchev–Trinajstić information content (AvgIpc) is 2.20. The minimum atomic E-state index is 0.962. The summed E-state index contributed by atoms with van der Waals surface area (Å²) in [4.78, 5) is 0. The molecular weight excluding hydrogens is 170 g/mol. The monoisotopic (exact) mass is 191 g/mol. The second-order valence-electron chi connectivity index (χ2n) is 3.73. The quantitative estimate of drug-likeness (QED) is 0.726. The zero-order chi connectivity index (χ0) is 10.6. The number of hydrogen-bond acceptors (Lipinski definition) is 1. The van der Waals surface area contributed by atoms with Crippen molar-refractivity contribution < 1.29 is 0 Å². The van der Waals surface area contributed by atoms with Crippen LogP contribution in [-0.4, -0.2) is 0 Å². The third-order valence-corrected chi connectivity index (χ3v) is 2.79. The van der Waals surface area contributed by atoms with Crippen molar-refractivity contribution in [3.8, 4) is 0 Å².